The van der Waals surface area contributed by atoms with E-state index < -0.39 is 5.83 Å². The molecule has 0 N–H and O–H groups in total. The Labute approximate surface area is 90.3 Å². The highest BCUT2D eigenvalue weighted by atomic mass is 35.5. The topological polar surface area (TPSA) is 72.3 Å². The fourth-order valence-electron chi connectivity index (χ4n) is 1.05. The second kappa shape index (κ2) is 4.50. The maximum Gasteiger partial charge on any atom is 0.206 e. The van der Waals surface area contributed by atoms with Gasteiger partial charge in [0.2, 0.25) is 12.4 Å². The summed E-state index contributed by atoms with van der Waals surface area (Å²) in [6.07, 6.45) is 4.14. The molecule has 0 heterocycles. The lowest BCUT2D eigenvalue weighted by atomic mass is 10.0. The van der Waals surface area contributed by atoms with Gasteiger partial charge in [-0.3, -0.25) is 0 Å². The monoisotopic (exact) mass is 222 g/mol. The first-order chi connectivity index (χ1) is 7.11. The Morgan fingerprint density at radius 2 is 1.93 bits per heavy atom. The minimum Gasteiger partial charge on any atom is -0.204 e. The number of nitriles is 2. The fourth-order valence-corrected chi connectivity index (χ4v) is 1.34. The van der Waals surface area contributed by atoms with Crippen molar-refractivity contribution in [3.63, 3.8) is 0 Å². The first-order valence-electron chi connectivity index (χ1n) is 3.80. The van der Waals surface area contributed by atoms with Crippen molar-refractivity contribution in [1.82, 2.24) is 0 Å². The summed E-state index contributed by atoms with van der Waals surface area (Å²) >= 11 is 5.74. The van der Waals surface area contributed by atoms with Gasteiger partial charge in [0.15, 0.2) is 5.83 Å². The summed E-state index contributed by atoms with van der Waals surface area (Å²) in [4.78, 5) is 6.63. The van der Waals surface area contributed by atoms with Crippen LogP contribution in [0.4, 0.5) is 4.39 Å². The van der Waals surface area contributed by atoms with E-state index >= 15 is 0 Å². The Morgan fingerprint density at radius 1 is 1.33 bits per heavy atom. The summed E-state index contributed by atoms with van der Waals surface area (Å²) in [5, 5.41) is 16.7. The van der Waals surface area contributed by atoms with E-state index in [1.165, 1.54) is 19.3 Å². The lowest BCUT2D eigenvalue weighted by Gasteiger charge is -2.11. The normalized spacial score (nSPS) is 21.3. The molecule has 0 aromatic rings. The van der Waals surface area contributed by atoms with Gasteiger partial charge < -0.3 is 0 Å². The van der Waals surface area contributed by atoms with Gasteiger partial charge in [0, 0.05) is 5.57 Å². The van der Waals surface area contributed by atoms with Gasteiger partial charge in [-0.05, 0) is 13.0 Å². The molecular weight excluding hydrogens is 219 g/mol. The highest BCUT2D eigenvalue weighted by molar-refractivity contribution is 6.49. The number of allylic oxidation sites excluding steroid dienone is 4. The average Bonchev–Trinajstić information content (AvgIpc) is 2.21. The van der Waals surface area contributed by atoms with Gasteiger partial charge in [0.25, 0.3) is 0 Å². The van der Waals surface area contributed by atoms with Crippen molar-refractivity contribution in [2.45, 2.75) is 6.92 Å². The summed E-state index contributed by atoms with van der Waals surface area (Å²) in [6, 6.07) is 0. The van der Waals surface area contributed by atoms with E-state index in [9.17, 15) is 4.39 Å². The van der Waals surface area contributed by atoms with E-state index in [-0.39, 0.29) is 22.0 Å². The third-order valence-electron chi connectivity index (χ3n) is 1.73. The zero-order valence-corrected chi connectivity index (χ0v) is 8.38. The summed E-state index contributed by atoms with van der Waals surface area (Å²) in [5.41, 5.74) is 0.00324. The van der Waals surface area contributed by atoms with Crippen LogP contribution in [0, 0.1) is 22.9 Å². The van der Waals surface area contributed by atoms with Gasteiger partial charge in [-0.2, -0.15) is 20.5 Å². The minimum absolute atomic E-state index is 0.0635. The number of halogens is 2. The van der Waals surface area contributed by atoms with Gasteiger partial charge in [-0.15, -0.1) is 0 Å². The molecule has 0 aliphatic heterocycles. The van der Waals surface area contributed by atoms with Gasteiger partial charge >= 0.3 is 0 Å². The smallest absolute Gasteiger partial charge is 0.204 e. The van der Waals surface area contributed by atoms with Crippen LogP contribution in [0.15, 0.2) is 32.5 Å². The van der Waals surface area contributed by atoms with Gasteiger partial charge in [-0.1, -0.05) is 11.6 Å². The van der Waals surface area contributed by atoms with Crippen molar-refractivity contribution in [3.8, 4) is 12.4 Å². The maximum atomic E-state index is 13.5. The number of nitrogens with zero attached hydrogens (tertiary/aromatic N) is 4. The van der Waals surface area contributed by atoms with Crippen LogP contribution in [0.1, 0.15) is 6.92 Å². The Balaban J connectivity index is 3.35. The van der Waals surface area contributed by atoms with Crippen LogP contribution in [0.25, 0.3) is 0 Å². The number of hydrogen-bond acceptors (Lipinski definition) is 4. The van der Waals surface area contributed by atoms with E-state index in [2.05, 4.69) is 9.98 Å². The van der Waals surface area contributed by atoms with Crippen molar-refractivity contribution < 1.29 is 4.39 Å². The molecule has 1 aliphatic carbocycles. The van der Waals surface area contributed by atoms with Gasteiger partial charge in [-0.25, -0.2) is 4.39 Å². The predicted octanol–water partition coefficient (Wildman–Crippen LogP) is 2.21. The molecule has 0 spiro atoms. The zero-order valence-electron chi connectivity index (χ0n) is 7.62. The highest BCUT2D eigenvalue weighted by Gasteiger charge is 2.22. The van der Waals surface area contributed by atoms with Crippen LogP contribution < -0.4 is 0 Å². The predicted molar refractivity (Wildman–Crippen MR) is 53.8 cm³/mol. The molecule has 0 radical (unpaired) electrons. The number of aliphatic imine (C=N–C) groups is 2. The summed E-state index contributed by atoms with van der Waals surface area (Å²) in [5.74, 6) is -0.699. The molecule has 0 unspecified atom stereocenters. The molecule has 0 fully saturated rings. The van der Waals surface area contributed by atoms with Crippen LogP contribution in [0.2, 0.25) is 0 Å². The molecular formula is C9H4ClFN4. The molecule has 1 aliphatic rings. The summed E-state index contributed by atoms with van der Waals surface area (Å²) in [6.45, 7) is 1.41. The Kier molecular flexibility index (Phi) is 3.33. The quantitative estimate of drug-likeness (QED) is 0.466. The molecule has 1 rings (SSSR count). The average molecular weight is 223 g/mol. The standard InChI is InChI=1S/C9H4ClFN4/c1-5-8(11)7(14-3-12)2-6(10)9(5)15-4-13/h2H,1H3. The second-order valence-corrected chi connectivity index (χ2v) is 3.00. The number of rotatable bonds is 0. The van der Waals surface area contributed by atoms with Gasteiger partial charge in [0.1, 0.15) is 11.4 Å². The Bertz CT molecular complexity index is 499. The second-order valence-electron chi connectivity index (χ2n) is 2.59. The zero-order chi connectivity index (χ0) is 11.4. The van der Waals surface area contributed by atoms with E-state index in [4.69, 9.17) is 22.1 Å². The van der Waals surface area contributed by atoms with Crippen molar-refractivity contribution in [1.29, 1.82) is 10.5 Å². The largest absolute Gasteiger partial charge is 0.206 e. The van der Waals surface area contributed by atoms with Crippen molar-refractivity contribution in [3.05, 3.63) is 22.5 Å². The SMILES string of the molecule is CC1=C(F)C(=NC#N)C=C(Cl)C1=NC#N. The third kappa shape index (κ3) is 2.09. The molecule has 0 amide bonds. The van der Waals surface area contributed by atoms with Crippen LogP contribution in [-0.4, -0.2) is 11.4 Å². The lowest BCUT2D eigenvalue weighted by Crippen LogP contribution is -2.13. The van der Waals surface area contributed by atoms with Crippen LogP contribution in [0.5, 0.6) is 0 Å². The van der Waals surface area contributed by atoms with Crippen LogP contribution >= 0.6 is 11.6 Å². The first-order valence-corrected chi connectivity index (χ1v) is 4.17. The third-order valence-corrected chi connectivity index (χ3v) is 2.02. The fraction of sp³-hybridized carbons (Fsp3) is 0.111. The van der Waals surface area contributed by atoms with Crippen LogP contribution in [0.3, 0.4) is 0 Å². The lowest BCUT2D eigenvalue weighted by molar-refractivity contribution is 0.675. The molecule has 0 aromatic carbocycles. The molecule has 0 bridgehead atoms. The van der Waals surface area contributed by atoms with E-state index in [0.29, 0.717) is 0 Å². The van der Waals surface area contributed by atoms with E-state index in [0.717, 1.165) is 6.08 Å². The van der Waals surface area contributed by atoms with Crippen molar-refractivity contribution >= 4 is 23.0 Å². The minimum atomic E-state index is -0.699. The Morgan fingerprint density at radius 3 is 2.47 bits per heavy atom. The van der Waals surface area contributed by atoms with Crippen LogP contribution in [-0.2, 0) is 0 Å². The Hall–Kier alpha value is -1.98. The number of hydrogen-bond donors (Lipinski definition) is 0. The molecule has 15 heavy (non-hydrogen) atoms. The summed E-state index contributed by atoms with van der Waals surface area (Å²) in [7, 11) is 0. The van der Waals surface area contributed by atoms with E-state index in [1.54, 1.807) is 0 Å². The van der Waals surface area contributed by atoms with E-state index in [1.807, 2.05) is 0 Å². The van der Waals surface area contributed by atoms with Crippen molar-refractivity contribution in [2.75, 3.05) is 0 Å². The first kappa shape index (κ1) is 11.1. The molecule has 0 saturated heterocycles. The molecule has 74 valence electrons. The highest BCUT2D eigenvalue weighted by Crippen LogP contribution is 2.24. The molecule has 6 heteroatoms. The molecule has 4 nitrogen and oxygen atoms in total. The van der Waals surface area contributed by atoms with Crippen molar-refractivity contribution in [2.24, 2.45) is 9.98 Å². The maximum absolute atomic E-state index is 13.5. The molecule has 0 aromatic heterocycles. The molecule has 0 atom stereocenters. The summed E-state index contributed by atoms with van der Waals surface area (Å²) < 4.78 is 13.5. The van der Waals surface area contributed by atoms with Gasteiger partial charge in [0.05, 0.1) is 5.03 Å². The molecule has 0 saturated carbocycles.